The molecule has 0 aliphatic rings. The van der Waals surface area contributed by atoms with Crippen molar-refractivity contribution in [3.63, 3.8) is 0 Å². The number of nitrogens with one attached hydrogen (secondary N) is 1. The lowest BCUT2D eigenvalue weighted by Crippen LogP contribution is -2.13. The van der Waals surface area contributed by atoms with E-state index in [0.29, 0.717) is 0 Å². The number of carbonyl (C=O) groups excluding carboxylic acids is 1. The van der Waals surface area contributed by atoms with Gasteiger partial charge in [-0.15, -0.1) is 0 Å². The normalized spacial score (nSPS) is 10.6. The zero-order valence-corrected chi connectivity index (χ0v) is 13.8. The Morgan fingerprint density at radius 1 is 0.885 bits per heavy atom. The lowest BCUT2D eigenvalue weighted by atomic mass is 10.0. The van der Waals surface area contributed by atoms with Gasteiger partial charge in [0.25, 0.3) is 5.91 Å². The van der Waals surface area contributed by atoms with Crippen LogP contribution in [0.3, 0.4) is 0 Å². The van der Waals surface area contributed by atoms with Crippen molar-refractivity contribution in [1.29, 1.82) is 0 Å². The molecule has 0 heterocycles. The molecule has 0 atom stereocenters. The number of amides is 1. The monoisotopic (exact) mass is 377 g/mol. The topological polar surface area (TPSA) is 49.3 Å². The molecule has 0 saturated carbocycles. The summed E-state index contributed by atoms with van der Waals surface area (Å²) in [6.07, 6.45) is 0. The largest absolute Gasteiger partial charge is 0.505 e. The van der Waals surface area contributed by atoms with E-state index in [0.717, 1.165) is 18.2 Å². The SMILES string of the molecule is O=C(Nc1ccc(Cl)c(F)c1-c1c(F)ccc(O)c1F)c1ccccc1. The van der Waals surface area contributed by atoms with Crippen molar-refractivity contribution >= 4 is 23.2 Å². The molecule has 132 valence electrons. The fraction of sp³-hybridized carbons (Fsp3) is 0. The minimum atomic E-state index is -1.36. The van der Waals surface area contributed by atoms with Crippen molar-refractivity contribution in [3.05, 3.63) is 82.6 Å². The van der Waals surface area contributed by atoms with E-state index in [-0.39, 0.29) is 16.3 Å². The summed E-state index contributed by atoms with van der Waals surface area (Å²) in [6, 6.07) is 12.0. The molecule has 2 N–H and O–H groups in total. The van der Waals surface area contributed by atoms with Crippen LogP contribution >= 0.6 is 11.6 Å². The molecule has 0 saturated heterocycles. The third kappa shape index (κ3) is 3.23. The Morgan fingerprint density at radius 2 is 1.58 bits per heavy atom. The summed E-state index contributed by atoms with van der Waals surface area (Å²) in [7, 11) is 0. The molecule has 3 aromatic rings. The van der Waals surface area contributed by atoms with Crippen LogP contribution in [0.1, 0.15) is 10.4 Å². The average Bonchev–Trinajstić information content (AvgIpc) is 2.64. The molecule has 0 radical (unpaired) electrons. The van der Waals surface area contributed by atoms with Gasteiger partial charge in [-0.1, -0.05) is 29.8 Å². The Morgan fingerprint density at radius 3 is 2.27 bits per heavy atom. The molecular weight excluding hydrogens is 367 g/mol. The van der Waals surface area contributed by atoms with Gasteiger partial charge in [0.15, 0.2) is 17.4 Å². The molecule has 3 aromatic carbocycles. The Labute approximate surface area is 151 Å². The van der Waals surface area contributed by atoms with E-state index in [1.54, 1.807) is 18.2 Å². The molecule has 3 rings (SSSR count). The summed E-state index contributed by atoms with van der Waals surface area (Å²) in [5, 5.41) is 11.5. The highest BCUT2D eigenvalue weighted by Gasteiger charge is 2.24. The van der Waals surface area contributed by atoms with Crippen LogP contribution in [0.4, 0.5) is 18.9 Å². The van der Waals surface area contributed by atoms with Gasteiger partial charge in [-0.05, 0) is 36.4 Å². The van der Waals surface area contributed by atoms with Gasteiger partial charge < -0.3 is 10.4 Å². The van der Waals surface area contributed by atoms with Gasteiger partial charge in [0.1, 0.15) is 5.82 Å². The van der Waals surface area contributed by atoms with Gasteiger partial charge in [0.05, 0.1) is 16.3 Å². The van der Waals surface area contributed by atoms with Crippen molar-refractivity contribution < 1.29 is 23.1 Å². The van der Waals surface area contributed by atoms with Gasteiger partial charge in [-0.2, -0.15) is 0 Å². The molecule has 0 aromatic heterocycles. The first-order chi connectivity index (χ1) is 12.4. The van der Waals surface area contributed by atoms with Crippen LogP contribution in [0.5, 0.6) is 5.75 Å². The zero-order valence-electron chi connectivity index (χ0n) is 13.1. The van der Waals surface area contributed by atoms with E-state index < -0.39 is 40.2 Å². The highest BCUT2D eigenvalue weighted by molar-refractivity contribution is 6.31. The van der Waals surface area contributed by atoms with E-state index in [9.17, 15) is 23.1 Å². The molecule has 0 aliphatic heterocycles. The van der Waals surface area contributed by atoms with Crippen LogP contribution in [0.15, 0.2) is 54.6 Å². The second-order valence-electron chi connectivity index (χ2n) is 5.36. The predicted molar refractivity (Wildman–Crippen MR) is 92.8 cm³/mol. The highest BCUT2D eigenvalue weighted by atomic mass is 35.5. The maximum atomic E-state index is 14.6. The first kappa shape index (κ1) is 17.8. The Hall–Kier alpha value is -2.99. The maximum Gasteiger partial charge on any atom is 0.255 e. The molecule has 7 heteroatoms. The Balaban J connectivity index is 2.16. The van der Waals surface area contributed by atoms with Crippen LogP contribution in [0.2, 0.25) is 5.02 Å². The molecule has 0 spiro atoms. The number of halogens is 4. The van der Waals surface area contributed by atoms with Gasteiger partial charge in [-0.25, -0.2) is 13.2 Å². The lowest BCUT2D eigenvalue weighted by molar-refractivity contribution is 0.102. The van der Waals surface area contributed by atoms with Crippen molar-refractivity contribution in [2.45, 2.75) is 0 Å². The fourth-order valence-electron chi connectivity index (χ4n) is 2.45. The van der Waals surface area contributed by atoms with Gasteiger partial charge in [0, 0.05) is 11.1 Å². The smallest absolute Gasteiger partial charge is 0.255 e. The Bertz CT molecular complexity index is 994. The fourth-order valence-corrected chi connectivity index (χ4v) is 2.61. The van der Waals surface area contributed by atoms with Crippen LogP contribution in [-0.4, -0.2) is 11.0 Å². The maximum absolute atomic E-state index is 14.6. The third-order valence-corrected chi connectivity index (χ3v) is 3.99. The van der Waals surface area contributed by atoms with Crippen LogP contribution in [0, 0.1) is 17.5 Å². The number of carbonyl (C=O) groups is 1. The quantitative estimate of drug-likeness (QED) is 0.643. The first-order valence-corrected chi connectivity index (χ1v) is 7.79. The highest BCUT2D eigenvalue weighted by Crippen LogP contribution is 2.39. The molecule has 0 bridgehead atoms. The van der Waals surface area contributed by atoms with Gasteiger partial charge in [0.2, 0.25) is 0 Å². The third-order valence-electron chi connectivity index (χ3n) is 3.70. The van der Waals surface area contributed by atoms with E-state index in [1.165, 1.54) is 18.2 Å². The van der Waals surface area contributed by atoms with E-state index in [1.807, 2.05) is 0 Å². The average molecular weight is 378 g/mol. The summed E-state index contributed by atoms with van der Waals surface area (Å²) in [6.45, 7) is 0. The van der Waals surface area contributed by atoms with Crippen LogP contribution in [-0.2, 0) is 0 Å². The molecule has 3 nitrogen and oxygen atoms in total. The summed E-state index contributed by atoms with van der Waals surface area (Å²) >= 11 is 5.74. The molecule has 0 aliphatic carbocycles. The number of phenols is 1. The Kier molecular flexibility index (Phi) is 4.86. The molecule has 1 amide bonds. The number of hydrogen-bond acceptors (Lipinski definition) is 2. The summed E-state index contributed by atoms with van der Waals surface area (Å²) in [5.41, 5.74) is -1.34. The van der Waals surface area contributed by atoms with E-state index in [4.69, 9.17) is 11.6 Å². The lowest BCUT2D eigenvalue weighted by Gasteiger charge is -2.15. The van der Waals surface area contributed by atoms with Gasteiger partial charge >= 0.3 is 0 Å². The van der Waals surface area contributed by atoms with Crippen molar-refractivity contribution in [2.75, 3.05) is 5.32 Å². The molecular formula is C19H11ClF3NO2. The summed E-state index contributed by atoms with van der Waals surface area (Å²) in [5.74, 6) is -5.06. The second-order valence-corrected chi connectivity index (χ2v) is 5.77. The van der Waals surface area contributed by atoms with Crippen LogP contribution < -0.4 is 5.32 Å². The second kappa shape index (κ2) is 7.09. The summed E-state index contributed by atoms with van der Waals surface area (Å²) in [4.78, 5) is 12.3. The number of benzene rings is 3. The number of aromatic hydroxyl groups is 1. The van der Waals surface area contributed by atoms with E-state index >= 15 is 0 Å². The zero-order chi connectivity index (χ0) is 18.8. The predicted octanol–water partition coefficient (Wildman–Crippen LogP) is 5.38. The van der Waals surface area contributed by atoms with Crippen molar-refractivity contribution in [1.82, 2.24) is 0 Å². The van der Waals surface area contributed by atoms with Crippen LogP contribution in [0.25, 0.3) is 11.1 Å². The molecule has 0 unspecified atom stereocenters. The minimum absolute atomic E-state index is 0.191. The standard InChI is InChI=1S/C19H11ClF3NO2/c20-11-6-8-13(24-19(26)10-4-2-1-3-5-10)16(17(11)22)15-12(21)7-9-14(25)18(15)23/h1-9,25H,(H,24,26). The molecule has 0 fully saturated rings. The number of rotatable bonds is 3. The van der Waals surface area contributed by atoms with Crippen molar-refractivity contribution in [2.24, 2.45) is 0 Å². The number of phenolic OH excluding ortho intramolecular Hbond substituents is 1. The van der Waals surface area contributed by atoms with Gasteiger partial charge in [-0.3, -0.25) is 4.79 Å². The number of anilines is 1. The first-order valence-electron chi connectivity index (χ1n) is 7.42. The molecule has 26 heavy (non-hydrogen) atoms. The minimum Gasteiger partial charge on any atom is -0.505 e. The van der Waals surface area contributed by atoms with Crippen molar-refractivity contribution in [3.8, 4) is 16.9 Å². The summed E-state index contributed by atoms with van der Waals surface area (Å²) < 4.78 is 43.1. The number of hydrogen-bond donors (Lipinski definition) is 2. The van der Waals surface area contributed by atoms with E-state index in [2.05, 4.69) is 5.32 Å².